The van der Waals surface area contributed by atoms with Crippen molar-refractivity contribution >= 4 is 5.91 Å². The summed E-state index contributed by atoms with van der Waals surface area (Å²) in [7, 11) is 0. The van der Waals surface area contributed by atoms with E-state index in [1.54, 1.807) is 6.20 Å². The summed E-state index contributed by atoms with van der Waals surface area (Å²) in [6, 6.07) is 3.81. The van der Waals surface area contributed by atoms with Crippen LogP contribution in [0.15, 0.2) is 18.3 Å². The van der Waals surface area contributed by atoms with Crippen LogP contribution in [0, 0.1) is 18.8 Å². The summed E-state index contributed by atoms with van der Waals surface area (Å²) in [5.41, 5.74) is 1.69. The molecule has 1 aromatic rings. The molecule has 0 atom stereocenters. The summed E-state index contributed by atoms with van der Waals surface area (Å²) in [6.45, 7) is 3.79. The van der Waals surface area contributed by atoms with Crippen molar-refractivity contribution in [1.82, 2.24) is 9.88 Å². The second-order valence-electron chi connectivity index (χ2n) is 6.36. The Labute approximate surface area is 121 Å². The van der Waals surface area contributed by atoms with Crippen LogP contribution in [0.5, 0.6) is 0 Å². The summed E-state index contributed by atoms with van der Waals surface area (Å²) in [5, 5.41) is 0. The number of carbonyl (C=O) groups excluding carboxylic acids is 1. The first kappa shape index (κ1) is 13.6. The molecule has 0 N–H and O–H groups in total. The summed E-state index contributed by atoms with van der Waals surface area (Å²) in [4.78, 5) is 18.7. The van der Waals surface area contributed by atoms with Gasteiger partial charge in [-0.3, -0.25) is 9.78 Å². The Bertz CT molecular complexity index is 454. The van der Waals surface area contributed by atoms with E-state index in [9.17, 15) is 4.79 Å². The fourth-order valence-corrected chi connectivity index (χ4v) is 3.78. The number of rotatable bonds is 2. The van der Waals surface area contributed by atoms with E-state index in [-0.39, 0.29) is 5.91 Å². The van der Waals surface area contributed by atoms with Crippen LogP contribution in [0.1, 0.15) is 54.6 Å². The smallest absolute Gasteiger partial charge is 0.255 e. The van der Waals surface area contributed by atoms with Crippen molar-refractivity contribution in [2.45, 2.75) is 45.4 Å². The van der Waals surface area contributed by atoms with E-state index in [0.717, 1.165) is 36.2 Å². The molecule has 2 heterocycles. The van der Waals surface area contributed by atoms with Gasteiger partial charge in [-0.1, -0.05) is 25.7 Å². The van der Waals surface area contributed by atoms with Gasteiger partial charge in [-0.05, 0) is 43.7 Å². The molecular formula is C17H24N2O. The van der Waals surface area contributed by atoms with Crippen molar-refractivity contribution in [2.24, 2.45) is 11.8 Å². The molecule has 2 fully saturated rings. The van der Waals surface area contributed by atoms with Crippen molar-refractivity contribution in [3.8, 4) is 0 Å². The third-order valence-electron chi connectivity index (χ3n) is 5.05. The van der Waals surface area contributed by atoms with Gasteiger partial charge in [0.15, 0.2) is 0 Å². The minimum atomic E-state index is 0.155. The van der Waals surface area contributed by atoms with Gasteiger partial charge in [0.05, 0.1) is 5.56 Å². The highest BCUT2D eigenvalue weighted by molar-refractivity contribution is 5.93. The Hall–Kier alpha value is -1.38. The Balaban J connectivity index is 1.57. The predicted octanol–water partition coefficient (Wildman–Crippen LogP) is 3.43. The van der Waals surface area contributed by atoms with Crippen molar-refractivity contribution < 1.29 is 4.79 Å². The third-order valence-corrected chi connectivity index (χ3v) is 5.05. The lowest BCUT2D eigenvalue weighted by Gasteiger charge is -2.34. The molecule has 1 aromatic heterocycles. The average molecular weight is 272 g/mol. The lowest BCUT2D eigenvalue weighted by molar-refractivity contribution is 0.0658. The van der Waals surface area contributed by atoms with Crippen LogP contribution in [0.4, 0.5) is 0 Å². The quantitative estimate of drug-likeness (QED) is 0.826. The number of amides is 1. The van der Waals surface area contributed by atoms with Gasteiger partial charge >= 0.3 is 0 Å². The monoisotopic (exact) mass is 272 g/mol. The highest BCUT2D eigenvalue weighted by Gasteiger charge is 2.30. The topological polar surface area (TPSA) is 33.2 Å². The zero-order chi connectivity index (χ0) is 13.9. The SMILES string of the molecule is Cc1ccc(C(=O)N2CCC(C3CCCC3)CC2)cn1. The Morgan fingerprint density at radius 3 is 2.35 bits per heavy atom. The van der Waals surface area contributed by atoms with Gasteiger partial charge in [-0.2, -0.15) is 0 Å². The van der Waals surface area contributed by atoms with Crippen molar-refractivity contribution in [2.75, 3.05) is 13.1 Å². The molecule has 0 bridgehead atoms. The maximum Gasteiger partial charge on any atom is 0.255 e. The number of carbonyl (C=O) groups is 1. The maximum absolute atomic E-state index is 12.4. The van der Waals surface area contributed by atoms with Crippen LogP contribution in [0.25, 0.3) is 0 Å². The van der Waals surface area contributed by atoms with E-state index in [0.29, 0.717) is 0 Å². The molecule has 0 radical (unpaired) electrons. The molecule has 0 unspecified atom stereocenters. The predicted molar refractivity (Wildman–Crippen MR) is 79.6 cm³/mol. The van der Waals surface area contributed by atoms with Crippen LogP contribution < -0.4 is 0 Å². The van der Waals surface area contributed by atoms with Crippen molar-refractivity contribution in [3.05, 3.63) is 29.6 Å². The van der Waals surface area contributed by atoms with Gasteiger partial charge in [0, 0.05) is 25.0 Å². The molecule has 1 saturated carbocycles. The number of piperidine rings is 1. The zero-order valence-corrected chi connectivity index (χ0v) is 12.3. The Morgan fingerprint density at radius 2 is 1.75 bits per heavy atom. The van der Waals surface area contributed by atoms with E-state index in [4.69, 9.17) is 0 Å². The normalized spacial score (nSPS) is 21.4. The van der Waals surface area contributed by atoms with Crippen molar-refractivity contribution in [3.63, 3.8) is 0 Å². The molecule has 0 aromatic carbocycles. The molecule has 2 aliphatic rings. The number of hydrogen-bond acceptors (Lipinski definition) is 2. The summed E-state index contributed by atoms with van der Waals surface area (Å²) in [6.07, 6.45) is 9.75. The van der Waals surface area contributed by atoms with Crippen LogP contribution in [-0.4, -0.2) is 28.9 Å². The first-order chi connectivity index (χ1) is 9.74. The Kier molecular flexibility index (Phi) is 4.04. The lowest BCUT2D eigenvalue weighted by atomic mass is 9.83. The first-order valence-corrected chi connectivity index (χ1v) is 7.96. The van der Waals surface area contributed by atoms with Gasteiger partial charge in [0.2, 0.25) is 0 Å². The highest BCUT2D eigenvalue weighted by Crippen LogP contribution is 2.36. The molecular weight excluding hydrogens is 248 g/mol. The first-order valence-electron chi connectivity index (χ1n) is 7.96. The molecule has 108 valence electrons. The average Bonchev–Trinajstić information content (AvgIpc) is 3.02. The second kappa shape index (κ2) is 5.94. The maximum atomic E-state index is 12.4. The van der Waals surface area contributed by atoms with E-state index >= 15 is 0 Å². The number of nitrogens with zero attached hydrogens (tertiary/aromatic N) is 2. The van der Waals surface area contributed by atoms with Crippen LogP contribution >= 0.6 is 0 Å². The van der Waals surface area contributed by atoms with Gasteiger partial charge in [-0.25, -0.2) is 0 Å². The molecule has 0 spiro atoms. The molecule has 3 nitrogen and oxygen atoms in total. The fourth-order valence-electron chi connectivity index (χ4n) is 3.78. The third kappa shape index (κ3) is 2.87. The molecule has 1 aliphatic carbocycles. The molecule has 1 saturated heterocycles. The van der Waals surface area contributed by atoms with Crippen molar-refractivity contribution in [1.29, 1.82) is 0 Å². The van der Waals surface area contributed by atoms with E-state index < -0.39 is 0 Å². The zero-order valence-electron chi connectivity index (χ0n) is 12.3. The summed E-state index contributed by atoms with van der Waals surface area (Å²) < 4.78 is 0. The number of aromatic nitrogens is 1. The van der Waals surface area contributed by atoms with E-state index in [1.807, 2.05) is 24.0 Å². The minimum Gasteiger partial charge on any atom is -0.339 e. The van der Waals surface area contributed by atoms with Gasteiger partial charge in [0.1, 0.15) is 0 Å². The lowest BCUT2D eigenvalue weighted by Crippen LogP contribution is -2.39. The van der Waals surface area contributed by atoms with Gasteiger partial charge in [0.25, 0.3) is 5.91 Å². The second-order valence-corrected chi connectivity index (χ2v) is 6.36. The van der Waals surface area contributed by atoms with E-state index in [1.165, 1.54) is 38.5 Å². The van der Waals surface area contributed by atoms with Crippen LogP contribution in [0.2, 0.25) is 0 Å². The molecule has 1 aliphatic heterocycles. The van der Waals surface area contributed by atoms with Gasteiger partial charge in [-0.15, -0.1) is 0 Å². The molecule has 3 rings (SSSR count). The number of likely N-dealkylation sites (tertiary alicyclic amines) is 1. The molecule has 3 heteroatoms. The van der Waals surface area contributed by atoms with Crippen LogP contribution in [0.3, 0.4) is 0 Å². The highest BCUT2D eigenvalue weighted by atomic mass is 16.2. The molecule has 1 amide bonds. The standard InChI is InChI=1S/C17H24N2O/c1-13-6-7-16(12-18-13)17(20)19-10-8-15(9-11-19)14-4-2-3-5-14/h6-7,12,14-15H,2-5,8-11H2,1H3. The largest absolute Gasteiger partial charge is 0.339 e. The number of hydrogen-bond donors (Lipinski definition) is 0. The molecule has 20 heavy (non-hydrogen) atoms. The fraction of sp³-hybridized carbons (Fsp3) is 0.647. The Morgan fingerprint density at radius 1 is 1.10 bits per heavy atom. The number of aryl methyl sites for hydroxylation is 1. The summed E-state index contributed by atoms with van der Waals surface area (Å²) in [5.74, 6) is 1.95. The summed E-state index contributed by atoms with van der Waals surface area (Å²) >= 11 is 0. The van der Waals surface area contributed by atoms with Crippen LogP contribution in [-0.2, 0) is 0 Å². The van der Waals surface area contributed by atoms with Gasteiger partial charge < -0.3 is 4.90 Å². The number of pyridine rings is 1. The van der Waals surface area contributed by atoms with E-state index in [2.05, 4.69) is 4.98 Å². The minimum absolute atomic E-state index is 0.155.